The van der Waals surface area contributed by atoms with E-state index >= 15 is 0 Å². The largest absolute Gasteiger partial charge is 0.381 e. The van der Waals surface area contributed by atoms with Gasteiger partial charge in [-0.1, -0.05) is 13.8 Å². The van der Waals surface area contributed by atoms with Crippen molar-refractivity contribution in [3.05, 3.63) is 0 Å². The van der Waals surface area contributed by atoms with Crippen LogP contribution in [0.25, 0.3) is 0 Å². The van der Waals surface area contributed by atoms with E-state index in [4.69, 9.17) is 4.74 Å². The second kappa shape index (κ2) is 6.17. The first kappa shape index (κ1) is 13.3. The molecule has 3 heteroatoms. The highest BCUT2D eigenvalue weighted by atomic mass is 16.5. The molecule has 0 aromatic rings. The highest BCUT2D eigenvalue weighted by Crippen LogP contribution is 2.26. The Bertz CT molecular complexity index is 232. The van der Waals surface area contributed by atoms with Crippen molar-refractivity contribution < 1.29 is 4.74 Å². The average Bonchev–Trinajstić information content (AvgIpc) is 2.39. The molecule has 0 amide bonds. The number of hydrogen-bond donors (Lipinski definition) is 1. The van der Waals surface area contributed by atoms with Gasteiger partial charge in [0.2, 0.25) is 0 Å². The molecule has 3 nitrogen and oxygen atoms in total. The van der Waals surface area contributed by atoms with Gasteiger partial charge < -0.3 is 10.1 Å². The fourth-order valence-corrected chi connectivity index (χ4v) is 3.25. The summed E-state index contributed by atoms with van der Waals surface area (Å²) in [5.74, 6) is 0.736. The summed E-state index contributed by atoms with van der Waals surface area (Å²) in [7, 11) is 1.86. The maximum atomic E-state index is 5.54. The van der Waals surface area contributed by atoms with Gasteiger partial charge in [0.15, 0.2) is 0 Å². The van der Waals surface area contributed by atoms with E-state index in [1.54, 1.807) is 0 Å². The van der Waals surface area contributed by atoms with E-state index in [-0.39, 0.29) is 0 Å². The SMILES string of the molecule is COC1CCCC(N2CCNC(C(C)C)C2)C1. The van der Waals surface area contributed by atoms with Crippen LogP contribution in [-0.4, -0.2) is 49.8 Å². The third kappa shape index (κ3) is 3.43. The van der Waals surface area contributed by atoms with Crippen LogP contribution < -0.4 is 5.32 Å². The van der Waals surface area contributed by atoms with Crippen molar-refractivity contribution in [1.29, 1.82) is 0 Å². The first-order chi connectivity index (χ1) is 8.20. The van der Waals surface area contributed by atoms with E-state index in [9.17, 15) is 0 Å². The maximum absolute atomic E-state index is 5.54. The van der Waals surface area contributed by atoms with Crippen molar-refractivity contribution in [2.75, 3.05) is 26.7 Å². The summed E-state index contributed by atoms with van der Waals surface area (Å²) >= 11 is 0. The van der Waals surface area contributed by atoms with Crippen LogP contribution in [0.15, 0.2) is 0 Å². The van der Waals surface area contributed by atoms with Gasteiger partial charge in [-0.2, -0.15) is 0 Å². The molecule has 1 heterocycles. The molecule has 2 fully saturated rings. The molecule has 0 aromatic heterocycles. The predicted octanol–water partition coefficient (Wildman–Crippen LogP) is 1.87. The molecule has 3 unspecified atom stereocenters. The molecule has 1 N–H and O–H groups in total. The summed E-state index contributed by atoms with van der Waals surface area (Å²) < 4.78 is 5.54. The molecule has 1 aliphatic carbocycles. The van der Waals surface area contributed by atoms with E-state index in [0.717, 1.165) is 18.5 Å². The lowest BCUT2D eigenvalue weighted by atomic mass is 9.90. The Morgan fingerprint density at radius 2 is 2.12 bits per heavy atom. The van der Waals surface area contributed by atoms with Crippen LogP contribution in [0, 0.1) is 5.92 Å². The average molecular weight is 240 g/mol. The minimum Gasteiger partial charge on any atom is -0.381 e. The van der Waals surface area contributed by atoms with Crippen LogP contribution in [0.4, 0.5) is 0 Å². The van der Waals surface area contributed by atoms with Gasteiger partial charge in [0.25, 0.3) is 0 Å². The number of hydrogen-bond acceptors (Lipinski definition) is 3. The van der Waals surface area contributed by atoms with Crippen LogP contribution in [0.2, 0.25) is 0 Å². The second-order valence-electron chi connectivity index (χ2n) is 5.98. The number of ether oxygens (including phenoxy) is 1. The van der Waals surface area contributed by atoms with Crippen LogP contribution in [0.3, 0.4) is 0 Å². The number of nitrogens with zero attached hydrogens (tertiary/aromatic N) is 1. The summed E-state index contributed by atoms with van der Waals surface area (Å²) in [4.78, 5) is 2.70. The minimum atomic E-state index is 0.501. The zero-order valence-corrected chi connectivity index (χ0v) is 11.6. The van der Waals surface area contributed by atoms with E-state index < -0.39 is 0 Å². The van der Waals surface area contributed by atoms with Gasteiger partial charge in [-0.25, -0.2) is 0 Å². The zero-order valence-electron chi connectivity index (χ0n) is 11.6. The molecule has 0 bridgehead atoms. The van der Waals surface area contributed by atoms with Gasteiger partial charge in [0, 0.05) is 38.8 Å². The van der Waals surface area contributed by atoms with Crippen molar-refractivity contribution in [3.63, 3.8) is 0 Å². The van der Waals surface area contributed by atoms with Crippen molar-refractivity contribution in [1.82, 2.24) is 10.2 Å². The Balaban J connectivity index is 1.88. The Morgan fingerprint density at radius 1 is 1.29 bits per heavy atom. The van der Waals surface area contributed by atoms with Crippen molar-refractivity contribution in [3.8, 4) is 0 Å². The molecule has 1 aliphatic heterocycles. The Kier molecular flexibility index (Phi) is 4.83. The number of nitrogens with one attached hydrogen (secondary N) is 1. The van der Waals surface area contributed by atoms with Gasteiger partial charge in [0.05, 0.1) is 6.10 Å². The molecule has 1 saturated heterocycles. The van der Waals surface area contributed by atoms with E-state index in [1.165, 1.54) is 38.8 Å². The monoisotopic (exact) mass is 240 g/mol. The van der Waals surface area contributed by atoms with Gasteiger partial charge >= 0.3 is 0 Å². The van der Waals surface area contributed by atoms with Crippen LogP contribution >= 0.6 is 0 Å². The van der Waals surface area contributed by atoms with E-state index in [2.05, 4.69) is 24.1 Å². The van der Waals surface area contributed by atoms with Gasteiger partial charge in [-0.3, -0.25) is 4.90 Å². The Hall–Kier alpha value is -0.120. The van der Waals surface area contributed by atoms with Crippen molar-refractivity contribution in [2.45, 2.75) is 57.7 Å². The number of rotatable bonds is 3. The van der Waals surface area contributed by atoms with Gasteiger partial charge in [-0.05, 0) is 31.6 Å². The quantitative estimate of drug-likeness (QED) is 0.815. The third-order valence-electron chi connectivity index (χ3n) is 4.49. The molecular weight excluding hydrogens is 212 g/mol. The third-order valence-corrected chi connectivity index (χ3v) is 4.49. The first-order valence-corrected chi connectivity index (χ1v) is 7.21. The summed E-state index contributed by atoms with van der Waals surface area (Å²) in [6.07, 6.45) is 5.69. The smallest absolute Gasteiger partial charge is 0.0586 e. The zero-order chi connectivity index (χ0) is 12.3. The van der Waals surface area contributed by atoms with Crippen molar-refractivity contribution >= 4 is 0 Å². The molecule has 100 valence electrons. The van der Waals surface area contributed by atoms with Crippen LogP contribution in [-0.2, 0) is 4.74 Å². The van der Waals surface area contributed by atoms with Crippen molar-refractivity contribution in [2.24, 2.45) is 5.92 Å². The van der Waals surface area contributed by atoms with Gasteiger partial charge in [0.1, 0.15) is 0 Å². The molecule has 0 aromatic carbocycles. The molecule has 0 radical (unpaired) electrons. The van der Waals surface area contributed by atoms with Gasteiger partial charge in [-0.15, -0.1) is 0 Å². The van der Waals surface area contributed by atoms with Crippen LogP contribution in [0.1, 0.15) is 39.5 Å². The fourth-order valence-electron chi connectivity index (χ4n) is 3.25. The molecular formula is C14H28N2O. The molecule has 2 rings (SSSR count). The standard InChI is InChI=1S/C14H28N2O/c1-11(2)14-10-16(8-7-15-14)12-5-4-6-13(9-12)17-3/h11-15H,4-10H2,1-3H3. The summed E-state index contributed by atoms with van der Waals surface area (Å²) in [6.45, 7) is 8.22. The Labute approximate surface area is 106 Å². The molecule has 3 atom stereocenters. The minimum absolute atomic E-state index is 0.501. The lowest BCUT2D eigenvalue weighted by molar-refractivity contribution is 0.0170. The lowest BCUT2D eigenvalue weighted by Gasteiger charge is -2.43. The highest BCUT2D eigenvalue weighted by Gasteiger charge is 2.30. The highest BCUT2D eigenvalue weighted by molar-refractivity contribution is 4.87. The fraction of sp³-hybridized carbons (Fsp3) is 1.00. The first-order valence-electron chi connectivity index (χ1n) is 7.21. The second-order valence-corrected chi connectivity index (χ2v) is 5.98. The Morgan fingerprint density at radius 3 is 2.82 bits per heavy atom. The molecule has 1 saturated carbocycles. The maximum Gasteiger partial charge on any atom is 0.0586 e. The topological polar surface area (TPSA) is 24.5 Å². The molecule has 2 aliphatic rings. The lowest BCUT2D eigenvalue weighted by Crippen LogP contribution is -2.56. The number of piperazine rings is 1. The molecule has 17 heavy (non-hydrogen) atoms. The van der Waals surface area contributed by atoms with Crippen LogP contribution in [0.5, 0.6) is 0 Å². The normalized spacial score (nSPS) is 36.4. The summed E-state index contributed by atoms with van der Waals surface area (Å²) in [5, 5.41) is 3.64. The van der Waals surface area contributed by atoms with E-state index in [1.807, 2.05) is 7.11 Å². The predicted molar refractivity (Wildman–Crippen MR) is 71.3 cm³/mol. The van der Waals surface area contributed by atoms with E-state index in [0.29, 0.717) is 12.1 Å². The molecule has 0 spiro atoms. The summed E-state index contributed by atoms with van der Waals surface area (Å²) in [5.41, 5.74) is 0. The summed E-state index contributed by atoms with van der Waals surface area (Å²) in [6, 6.07) is 1.43. The number of methoxy groups -OCH3 is 1.